The summed E-state index contributed by atoms with van der Waals surface area (Å²) in [5, 5.41) is 3.08. The van der Waals surface area contributed by atoms with Crippen LogP contribution in [-0.4, -0.2) is 49.2 Å². The van der Waals surface area contributed by atoms with E-state index >= 15 is 0 Å². The van der Waals surface area contributed by atoms with Crippen molar-refractivity contribution in [3.05, 3.63) is 29.3 Å². The van der Waals surface area contributed by atoms with Gasteiger partial charge in [-0.05, 0) is 63.6 Å². The molecule has 6 heteroatoms. The van der Waals surface area contributed by atoms with Crippen molar-refractivity contribution in [2.45, 2.75) is 58.6 Å². The Kier molecular flexibility index (Phi) is 6.16. The van der Waals surface area contributed by atoms with Crippen LogP contribution in [0.3, 0.4) is 0 Å². The molecular weight excluding hydrogens is 354 g/mol. The van der Waals surface area contributed by atoms with E-state index in [1.807, 2.05) is 20.8 Å². The van der Waals surface area contributed by atoms with E-state index in [1.54, 1.807) is 4.90 Å². The van der Waals surface area contributed by atoms with Gasteiger partial charge in [-0.15, -0.1) is 0 Å². The number of hydrogen-bond acceptors (Lipinski definition) is 4. The van der Waals surface area contributed by atoms with Crippen molar-refractivity contribution >= 4 is 17.7 Å². The summed E-state index contributed by atoms with van der Waals surface area (Å²) in [6, 6.07) is 6.48. The third-order valence-electron chi connectivity index (χ3n) is 5.48. The van der Waals surface area contributed by atoms with Gasteiger partial charge in [0.25, 0.3) is 0 Å². The number of carbonyl (C=O) groups excluding carboxylic acids is 2. The zero-order valence-corrected chi connectivity index (χ0v) is 17.6. The lowest BCUT2D eigenvalue weighted by atomic mass is 9.96. The van der Waals surface area contributed by atoms with Crippen molar-refractivity contribution in [3.8, 4) is 0 Å². The molecule has 0 atom stereocenters. The fourth-order valence-electron chi connectivity index (χ4n) is 3.93. The first-order valence-electron chi connectivity index (χ1n) is 10.3. The number of ether oxygens (including phenoxy) is 1. The second kappa shape index (κ2) is 8.41. The highest BCUT2D eigenvalue weighted by Crippen LogP contribution is 2.27. The van der Waals surface area contributed by atoms with Gasteiger partial charge in [0.2, 0.25) is 5.91 Å². The van der Waals surface area contributed by atoms with Gasteiger partial charge in [0.05, 0.1) is 0 Å². The molecule has 154 valence electrons. The van der Waals surface area contributed by atoms with Crippen LogP contribution in [0.15, 0.2) is 18.2 Å². The highest BCUT2D eigenvalue weighted by Gasteiger charge is 2.29. The minimum atomic E-state index is -0.491. The van der Waals surface area contributed by atoms with E-state index < -0.39 is 5.60 Å². The number of likely N-dealkylation sites (tertiary alicyclic amines) is 1. The number of fused-ring (bicyclic) bond motifs is 1. The molecule has 0 saturated carbocycles. The molecule has 2 amide bonds. The highest BCUT2D eigenvalue weighted by atomic mass is 16.6. The summed E-state index contributed by atoms with van der Waals surface area (Å²) in [5.74, 6) is 0.0427. The molecule has 0 radical (unpaired) electrons. The van der Waals surface area contributed by atoms with Gasteiger partial charge in [0.1, 0.15) is 5.60 Å². The molecule has 1 N–H and O–H groups in total. The SMILES string of the molecule is CN1CCCc2cc(CNC(=O)C3CCN(C(=O)OC(C)(C)C)CC3)ccc21. The lowest BCUT2D eigenvalue weighted by Crippen LogP contribution is -2.44. The third kappa shape index (κ3) is 5.18. The van der Waals surface area contributed by atoms with Crippen molar-refractivity contribution in [2.75, 3.05) is 31.6 Å². The number of rotatable bonds is 3. The highest BCUT2D eigenvalue weighted by molar-refractivity contribution is 5.79. The third-order valence-corrected chi connectivity index (χ3v) is 5.48. The number of carbonyl (C=O) groups is 2. The van der Waals surface area contributed by atoms with Gasteiger partial charge in [-0.1, -0.05) is 12.1 Å². The minimum Gasteiger partial charge on any atom is -0.444 e. The smallest absolute Gasteiger partial charge is 0.410 e. The maximum atomic E-state index is 12.6. The Hall–Kier alpha value is -2.24. The Labute approximate surface area is 168 Å². The summed E-state index contributed by atoms with van der Waals surface area (Å²) in [6.45, 7) is 8.39. The molecule has 0 spiro atoms. The van der Waals surface area contributed by atoms with E-state index in [4.69, 9.17) is 4.74 Å². The second-order valence-electron chi connectivity index (χ2n) is 8.95. The van der Waals surface area contributed by atoms with Crippen LogP contribution in [-0.2, 0) is 22.5 Å². The molecule has 28 heavy (non-hydrogen) atoms. The number of nitrogens with one attached hydrogen (secondary N) is 1. The van der Waals surface area contributed by atoms with Crippen molar-refractivity contribution in [3.63, 3.8) is 0 Å². The molecular formula is C22H33N3O3. The first-order valence-corrected chi connectivity index (χ1v) is 10.3. The number of hydrogen-bond donors (Lipinski definition) is 1. The van der Waals surface area contributed by atoms with Gasteiger partial charge in [-0.25, -0.2) is 4.79 Å². The average molecular weight is 388 g/mol. The van der Waals surface area contributed by atoms with Gasteiger partial charge in [0.15, 0.2) is 0 Å². The van der Waals surface area contributed by atoms with Gasteiger partial charge in [-0.2, -0.15) is 0 Å². The fourth-order valence-corrected chi connectivity index (χ4v) is 3.93. The first-order chi connectivity index (χ1) is 13.2. The molecule has 1 saturated heterocycles. The van der Waals surface area contributed by atoms with E-state index in [0.29, 0.717) is 32.5 Å². The van der Waals surface area contributed by atoms with Crippen LogP contribution in [0.4, 0.5) is 10.5 Å². The first kappa shape index (κ1) is 20.5. The molecule has 1 fully saturated rings. The summed E-state index contributed by atoms with van der Waals surface area (Å²) < 4.78 is 5.41. The second-order valence-corrected chi connectivity index (χ2v) is 8.95. The van der Waals surface area contributed by atoms with Gasteiger partial charge < -0.3 is 19.9 Å². The fraction of sp³-hybridized carbons (Fsp3) is 0.636. The molecule has 6 nitrogen and oxygen atoms in total. The lowest BCUT2D eigenvalue weighted by molar-refractivity contribution is -0.126. The van der Waals surface area contributed by atoms with Crippen molar-refractivity contribution in [2.24, 2.45) is 5.92 Å². The van der Waals surface area contributed by atoms with E-state index in [1.165, 1.54) is 17.7 Å². The monoisotopic (exact) mass is 387 g/mol. The normalized spacial score (nSPS) is 17.9. The van der Waals surface area contributed by atoms with Crippen molar-refractivity contribution in [1.82, 2.24) is 10.2 Å². The number of benzene rings is 1. The molecule has 2 aliphatic rings. The average Bonchev–Trinajstić information content (AvgIpc) is 2.65. The molecule has 1 aromatic rings. The van der Waals surface area contributed by atoms with Crippen LogP contribution in [0.2, 0.25) is 0 Å². The molecule has 2 heterocycles. The van der Waals surface area contributed by atoms with Crippen LogP contribution in [0.5, 0.6) is 0 Å². The minimum absolute atomic E-state index is 0.0394. The van der Waals surface area contributed by atoms with Crippen molar-refractivity contribution in [1.29, 1.82) is 0 Å². The van der Waals surface area contributed by atoms with E-state index in [0.717, 1.165) is 18.5 Å². The van der Waals surface area contributed by atoms with Crippen LogP contribution in [0, 0.1) is 5.92 Å². The number of amides is 2. The maximum absolute atomic E-state index is 12.6. The quantitative estimate of drug-likeness (QED) is 0.864. The van der Waals surface area contributed by atoms with Crippen LogP contribution >= 0.6 is 0 Å². The Balaban J connectivity index is 1.47. The standard InChI is InChI=1S/C22H33N3O3/c1-22(2,3)28-21(27)25-12-9-17(10-13-25)20(26)23-15-16-7-8-19-18(14-16)6-5-11-24(19)4/h7-8,14,17H,5-6,9-13,15H2,1-4H3,(H,23,26). The molecule has 0 aliphatic carbocycles. The predicted octanol–water partition coefficient (Wildman–Crippen LogP) is 3.33. The molecule has 3 rings (SSSR count). The van der Waals surface area contributed by atoms with Gasteiger partial charge in [0, 0.05) is 44.8 Å². The number of aryl methyl sites for hydroxylation is 1. The summed E-state index contributed by atoms with van der Waals surface area (Å²) in [7, 11) is 2.13. The Bertz CT molecular complexity index is 718. The molecule has 2 aliphatic heterocycles. The van der Waals surface area contributed by atoms with Crippen LogP contribution < -0.4 is 10.2 Å². The molecule has 1 aromatic carbocycles. The maximum Gasteiger partial charge on any atom is 0.410 e. The topological polar surface area (TPSA) is 61.9 Å². The Morgan fingerprint density at radius 2 is 1.89 bits per heavy atom. The molecule has 0 bridgehead atoms. The number of piperidine rings is 1. The number of anilines is 1. The largest absolute Gasteiger partial charge is 0.444 e. The molecule has 0 aromatic heterocycles. The molecule has 0 unspecified atom stereocenters. The van der Waals surface area contributed by atoms with Crippen LogP contribution in [0.1, 0.15) is 51.2 Å². The van der Waals surface area contributed by atoms with Gasteiger partial charge in [-0.3, -0.25) is 4.79 Å². The summed E-state index contributed by atoms with van der Waals surface area (Å²) in [5.41, 5.74) is 3.32. The summed E-state index contributed by atoms with van der Waals surface area (Å²) in [4.78, 5) is 28.7. The summed E-state index contributed by atoms with van der Waals surface area (Å²) >= 11 is 0. The van der Waals surface area contributed by atoms with E-state index in [2.05, 4.69) is 35.5 Å². The van der Waals surface area contributed by atoms with Crippen LogP contribution in [0.25, 0.3) is 0 Å². The zero-order valence-electron chi connectivity index (χ0n) is 17.6. The predicted molar refractivity (Wildman–Crippen MR) is 110 cm³/mol. The summed E-state index contributed by atoms with van der Waals surface area (Å²) in [6.07, 6.45) is 3.35. The van der Waals surface area contributed by atoms with Crippen molar-refractivity contribution < 1.29 is 14.3 Å². The lowest BCUT2D eigenvalue weighted by Gasteiger charge is -2.33. The Morgan fingerprint density at radius 1 is 1.18 bits per heavy atom. The zero-order chi connectivity index (χ0) is 20.3. The van der Waals surface area contributed by atoms with E-state index in [-0.39, 0.29) is 17.9 Å². The number of nitrogens with zero attached hydrogens (tertiary/aromatic N) is 2. The van der Waals surface area contributed by atoms with Gasteiger partial charge >= 0.3 is 6.09 Å². The Morgan fingerprint density at radius 3 is 2.57 bits per heavy atom. The van der Waals surface area contributed by atoms with E-state index in [9.17, 15) is 9.59 Å².